The van der Waals surface area contributed by atoms with Crippen LogP contribution in [0, 0.1) is 0 Å². The number of benzene rings is 3. The fraction of sp³-hybridized carbons (Fsp3) is 0.290. The molecule has 0 saturated heterocycles. The Morgan fingerprint density at radius 1 is 0.952 bits per heavy atom. The minimum atomic E-state index is -0.981. The molecular weight excluding hydrogens is 595 g/mol. The molecule has 8 nitrogen and oxygen atoms in total. The number of nitrogens with one attached hydrogen (secondary N) is 3. The van der Waals surface area contributed by atoms with E-state index >= 15 is 0 Å². The van der Waals surface area contributed by atoms with Crippen LogP contribution >= 0.6 is 34.5 Å². The second kappa shape index (κ2) is 13.5. The van der Waals surface area contributed by atoms with E-state index in [1.54, 1.807) is 36.4 Å². The van der Waals surface area contributed by atoms with Crippen molar-refractivity contribution in [2.75, 3.05) is 11.9 Å². The number of fused-ring (bicyclic) bond motifs is 1. The van der Waals surface area contributed by atoms with Gasteiger partial charge in [-0.25, -0.2) is 9.78 Å². The van der Waals surface area contributed by atoms with Crippen molar-refractivity contribution in [3.05, 3.63) is 93.0 Å². The van der Waals surface area contributed by atoms with E-state index in [0.29, 0.717) is 32.2 Å². The number of halogens is 2. The predicted octanol–water partition coefficient (Wildman–Crippen LogP) is 7.77. The van der Waals surface area contributed by atoms with Crippen molar-refractivity contribution in [3.63, 3.8) is 0 Å². The number of hydrogen-bond donors (Lipinski definition) is 4. The van der Waals surface area contributed by atoms with E-state index in [9.17, 15) is 14.4 Å². The molecule has 1 heterocycles. The van der Waals surface area contributed by atoms with Gasteiger partial charge in [-0.3, -0.25) is 14.9 Å². The number of anilines is 1. The Bertz CT molecular complexity index is 1590. The van der Waals surface area contributed by atoms with Gasteiger partial charge in [0.25, 0.3) is 5.91 Å². The Morgan fingerprint density at radius 2 is 1.62 bits per heavy atom. The molecule has 1 unspecified atom stereocenters. The predicted molar refractivity (Wildman–Crippen MR) is 167 cm³/mol. The summed E-state index contributed by atoms with van der Waals surface area (Å²) in [5.74, 6) is -0.789. The van der Waals surface area contributed by atoms with Crippen LogP contribution in [0.25, 0.3) is 10.2 Å². The number of nitrogens with zero attached hydrogens (tertiary/aromatic N) is 1. The Balaban J connectivity index is 1.36. The number of urea groups is 1. The highest BCUT2D eigenvalue weighted by molar-refractivity contribution is 7.23. The van der Waals surface area contributed by atoms with Gasteiger partial charge in [-0.05, 0) is 59.7 Å². The zero-order valence-electron chi connectivity index (χ0n) is 22.7. The summed E-state index contributed by atoms with van der Waals surface area (Å²) in [5.41, 5.74) is 3.96. The molecule has 1 aromatic heterocycles. The van der Waals surface area contributed by atoms with Crippen molar-refractivity contribution < 1.29 is 19.5 Å². The van der Waals surface area contributed by atoms with Crippen LogP contribution in [0.15, 0.2) is 60.7 Å². The molecule has 3 amide bonds. The molecular formula is C31H30Cl2N4O4S. The number of aromatic nitrogens is 1. The average molecular weight is 626 g/mol. The topological polar surface area (TPSA) is 120 Å². The number of carbonyl (C=O) groups excluding carboxylic acids is 2. The fourth-order valence-corrected chi connectivity index (χ4v) is 6.69. The second-order valence-corrected chi connectivity index (χ2v) is 12.2. The zero-order valence-corrected chi connectivity index (χ0v) is 25.0. The molecule has 1 saturated carbocycles. The van der Waals surface area contributed by atoms with Crippen molar-refractivity contribution in [1.82, 2.24) is 15.6 Å². The van der Waals surface area contributed by atoms with Gasteiger partial charge in [0.15, 0.2) is 5.13 Å². The van der Waals surface area contributed by atoms with Gasteiger partial charge >= 0.3 is 12.0 Å². The molecule has 1 aliphatic carbocycles. The standard InChI is InChI=1S/C31H30Cl2N4O4S/c32-23-16-24(33)28-25(17-23)35-31(42-28)37-30(41)36-27(20-8-6-19(7-9-20)18-4-2-1-3-5-18)21-10-12-22(13-11-21)29(40)34-15-14-26(38)39/h6-13,16-18,27H,1-5,14-15H2,(H,34,40)(H,38,39)(H2,35,36,37,41). The monoisotopic (exact) mass is 624 g/mol. The van der Waals surface area contributed by atoms with E-state index in [4.69, 9.17) is 28.3 Å². The van der Waals surface area contributed by atoms with E-state index in [-0.39, 0.29) is 18.9 Å². The van der Waals surface area contributed by atoms with Crippen LogP contribution in [0.5, 0.6) is 0 Å². The van der Waals surface area contributed by atoms with Crippen LogP contribution in [-0.2, 0) is 4.79 Å². The van der Waals surface area contributed by atoms with Crippen molar-refractivity contribution in [1.29, 1.82) is 0 Å². The molecule has 0 radical (unpaired) electrons. The molecule has 3 aromatic carbocycles. The van der Waals surface area contributed by atoms with Gasteiger partial charge in [-0.1, -0.05) is 90.2 Å². The summed E-state index contributed by atoms with van der Waals surface area (Å²) in [5, 5.41) is 18.6. The highest BCUT2D eigenvalue weighted by Crippen LogP contribution is 2.35. The summed E-state index contributed by atoms with van der Waals surface area (Å²) in [7, 11) is 0. The lowest BCUT2D eigenvalue weighted by Crippen LogP contribution is -2.33. The van der Waals surface area contributed by atoms with Gasteiger partial charge in [-0.15, -0.1) is 0 Å². The molecule has 0 spiro atoms. The summed E-state index contributed by atoms with van der Waals surface area (Å²) >= 11 is 13.7. The number of amides is 3. The fourth-order valence-electron chi connectivity index (χ4n) is 5.25. The normalized spacial score (nSPS) is 14.3. The van der Waals surface area contributed by atoms with E-state index < -0.39 is 18.0 Å². The van der Waals surface area contributed by atoms with Crippen molar-refractivity contribution >= 4 is 67.8 Å². The van der Waals surface area contributed by atoms with Crippen LogP contribution in [-0.4, -0.2) is 34.5 Å². The van der Waals surface area contributed by atoms with Gasteiger partial charge in [-0.2, -0.15) is 0 Å². The number of hydrogen-bond acceptors (Lipinski definition) is 5. The third-order valence-corrected chi connectivity index (χ3v) is 9.03. The summed E-state index contributed by atoms with van der Waals surface area (Å²) in [4.78, 5) is 40.9. The summed E-state index contributed by atoms with van der Waals surface area (Å²) < 4.78 is 0.725. The molecule has 1 fully saturated rings. The molecule has 42 heavy (non-hydrogen) atoms. The van der Waals surface area contributed by atoms with Crippen molar-refractivity contribution in [2.45, 2.75) is 50.5 Å². The van der Waals surface area contributed by atoms with Gasteiger partial charge in [0, 0.05) is 17.1 Å². The maximum Gasteiger partial charge on any atom is 0.321 e. The third-order valence-electron chi connectivity index (χ3n) is 7.38. The SMILES string of the molecule is O=C(O)CCNC(=O)c1ccc(C(NC(=O)Nc2nc3cc(Cl)cc(Cl)c3s2)c2ccc(C3CCCCC3)cc2)cc1. The number of carboxylic acids is 1. The quantitative estimate of drug-likeness (QED) is 0.152. The molecule has 218 valence electrons. The molecule has 1 atom stereocenters. The number of thiazole rings is 1. The number of carboxylic acid groups (broad SMARTS) is 1. The molecule has 0 aliphatic heterocycles. The highest BCUT2D eigenvalue weighted by Gasteiger charge is 2.21. The molecule has 4 N–H and O–H groups in total. The molecule has 11 heteroatoms. The first-order valence-corrected chi connectivity index (χ1v) is 15.4. The Kier molecular flexibility index (Phi) is 9.62. The zero-order chi connectivity index (χ0) is 29.6. The van der Waals surface area contributed by atoms with Crippen LogP contribution < -0.4 is 16.0 Å². The van der Waals surface area contributed by atoms with Crippen LogP contribution in [0.1, 0.15) is 77.5 Å². The van der Waals surface area contributed by atoms with E-state index in [1.807, 2.05) is 12.1 Å². The Labute approximate surface area is 257 Å². The maximum absolute atomic E-state index is 13.2. The van der Waals surface area contributed by atoms with Gasteiger partial charge in [0.1, 0.15) is 0 Å². The van der Waals surface area contributed by atoms with Crippen molar-refractivity contribution in [2.24, 2.45) is 0 Å². The number of rotatable bonds is 9. The molecule has 4 aromatic rings. The molecule has 1 aliphatic rings. The highest BCUT2D eigenvalue weighted by atomic mass is 35.5. The lowest BCUT2D eigenvalue weighted by Gasteiger charge is -2.24. The summed E-state index contributed by atoms with van der Waals surface area (Å²) in [6, 6.07) is 17.6. The lowest BCUT2D eigenvalue weighted by molar-refractivity contribution is -0.136. The van der Waals surface area contributed by atoms with E-state index in [2.05, 4.69) is 33.1 Å². The smallest absolute Gasteiger partial charge is 0.321 e. The largest absolute Gasteiger partial charge is 0.481 e. The Morgan fingerprint density at radius 3 is 2.29 bits per heavy atom. The van der Waals surface area contributed by atoms with Gasteiger partial charge in [0.2, 0.25) is 0 Å². The lowest BCUT2D eigenvalue weighted by atomic mass is 9.83. The average Bonchev–Trinajstić information content (AvgIpc) is 3.39. The summed E-state index contributed by atoms with van der Waals surface area (Å²) in [6.45, 7) is 0.0385. The Hall–Kier alpha value is -3.66. The molecule has 0 bridgehead atoms. The third kappa shape index (κ3) is 7.40. The number of carbonyl (C=O) groups is 3. The number of aliphatic carboxylic acids is 1. The van der Waals surface area contributed by atoms with Gasteiger partial charge in [0.05, 0.1) is 27.7 Å². The minimum absolute atomic E-state index is 0.0385. The van der Waals surface area contributed by atoms with E-state index in [1.165, 1.54) is 49.0 Å². The molecule has 5 rings (SSSR count). The maximum atomic E-state index is 13.2. The van der Waals surface area contributed by atoms with Crippen LogP contribution in [0.3, 0.4) is 0 Å². The first-order chi connectivity index (χ1) is 20.3. The van der Waals surface area contributed by atoms with Crippen LogP contribution in [0.4, 0.5) is 9.93 Å². The summed E-state index contributed by atoms with van der Waals surface area (Å²) in [6.07, 6.45) is 6.01. The first kappa shape index (κ1) is 29.8. The van der Waals surface area contributed by atoms with E-state index in [0.717, 1.165) is 15.8 Å². The van der Waals surface area contributed by atoms with Crippen molar-refractivity contribution in [3.8, 4) is 0 Å². The first-order valence-electron chi connectivity index (χ1n) is 13.8. The minimum Gasteiger partial charge on any atom is -0.481 e. The second-order valence-electron chi connectivity index (χ2n) is 10.3. The van der Waals surface area contributed by atoms with Crippen LogP contribution in [0.2, 0.25) is 10.0 Å². The van der Waals surface area contributed by atoms with Gasteiger partial charge < -0.3 is 15.7 Å².